The van der Waals surface area contributed by atoms with Crippen molar-refractivity contribution in [3.8, 4) is 5.75 Å². The first-order valence-electron chi connectivity index (χ1n) is 6.36. The van der Waals surface area contributed by atoms with Crippen LogP contribution in [0.5, 0.6) is 5.75 Å². The van der Waals surface area contributed by atoms with E-state index in [4.69, 9.17) is 9.47 Å². The van der Waals surface area contributed by atoms with Crippen molar-refractivity contribution >= 4 is 5.97 Å². The maximum Gasteiger partial charge on any atom is 0.316 e. The quantitative estimate of drug-likeness (QED) is 0.768. The number of ether oxygens (including phenoxy) is 2. The molecular weight excluding hydrogens is 228 g/mol. The molecule has 0 aliphatic heterocycles. The molecule has 1 aromatic rings. The second-order valence-corrected chi connectivity index (χ2v) is 5.24. The van der Waals surface area contributed by atoms with Crippen LogP contribution in [0.3, 0.4) is 0 Å². The summed E-state index contributed by atoms with van der Waals surface area (Å²) in [5.74, 6) is 0.653. The van der Waals surface area contributed by atoms with Crippen molar-refractivity contribution in [2.24, 2.45) is 0 Å². The van der Waals surface area contributed by atoms with E-state index < -0.39 is 5.41 Å². The zero-order valence-corrected chi connectivity index (χ0v) is 11.4. The minimum absolute atomic E-state index is 0.0971. The Morgan fingerprint density at radius 2 is 2.00 bits per heavy atom. The lowest BCUT2D eigenvalue weighted by Gasteiger charge is -2.20. The van der Waals surface area contributed by atoms with E-state index in [1.807, 2.05) is 39.0 Å². The summed E-state index contributed by atoms with van der Waals surface area (Å²) < 4.78 is 10.8. The highest BCUT2D eigenvalue weighted by molar-refractivity contribution is 5.87. The molecule has 98 valence electrons. The lowest BCUT2D eigenvalue weighted by molar-refractivity contribution is -0.143. The van der Waals surface area contributed by atoms with E-state index in [9.17, 15) is 4.79 Å². The van der Waals surface area contributed by atoms with Crippen LogP contribution in [0.25, 0.3) is 0 Å². The van der Waals surface area contributed by atoms with Gasteiger partial charge in [-0.25, -0.2) is 0 Å². The topological polar surface area (TPSA) is 35.5 Å². The summed E-state index contributed by atoms with van der Waals surface area (Å²) >= 11 is 0. The fourth-order valence-corrected chi connectivity index (χ4v) is 2.28. The molecule has 3 heteroatoms. The van der Waals surface area contributed by atoms with Crippen molar-refractivity contribution in [2.75, 3.05) is 7.11 Å². The van der Waals surface area contributed by atoms with Gasteiger partial charge in [0.1, 0.15) is 5.75 Å². The van der Waals surface area contributed by atoms with Gasteiger partial charge in [-0.1, -0.05) is 17.7 Å². The third kappa shape index (κ3) is 2.22. The van der Waals surface area contributed by atoms with Gasteiger partial charge >= 0.3 is 5.97 Å². The number of rotatable bonds is 4. The minimum Gasteiger partial charge on any atom is -0.491 e. The predicted molar refractivity (Wildman–Crippen MR) is 69.9 cm³/mol. The maximum absolute atomic E-state index is 12.0. The average molecular weight is 248 g/mol. The third-order valence-electron chi connectivity index (χ3n) is 3.34. The van der Waals surface area contributed by atoms with Gasteiger partial charge < -0.3 is 9.47 Å². The highest BCUT2D eigenvalue weighted by atomic mass is 16.5. The first-order chi connectivity index (χ1) is 8.49. The van der Waals surface area contributed by atoms with Gasteiger partial charge in [-0.2, -0.15) is 0 Å². The maximum atomic E-state index is 12.0. The minimum atomic E-state index is -0.467. The van der Waals surface area contributed by atoms with E-state index in [1.165, 1.54) is 7.11 Å². The average Bonchev–Trinajstić information content (AvgIpc) is 3.11. The van der Waals surface area contributed by atoms with Gasteiger partial charge in [0.2, 0.25) is 0 Å². The first-order valence-corrected chi connectivity index (χ1v) is 6.36. The molecule has 0 atom stereocenters. The molecule has 2 rings (SSSR count). The molecule has 0 heterocycles. The Bertz CT molecular complexity index is 459. The molecule has 18 heavy (non-hydrogen) atoms. The van der Waals surface area contributed by atoms with Crippen molar-refractivity contribution in [1.82, 2.24) is 0 Å². The van der Waals surface area contributed by atoms with Crippen LogP contribution in [0.2, 0.25) is 0 Å². The molecule has 0 unspecified atom stereocenters. The van der Waals surface area contributed by atoms with Crippen LogP contribution < -0.4 is 4.74 Å². The molecule has 0 radical (unpaired) electrons. The number of hydrogen-bond donors (Lipinski definition) is 0. The Balaban J connectivity index is 2.42. The van der Waals surface area contributed by atoms with Crippen LogP contribution in [0.1, 0.15) is 37.8 Å². The summed E-state index contributed by atoms with van der Waals surface area (Å²) in [5.41, 5.74) is 1.64. The van der Waals surface area contributed by atoms with Gasteiger partial charge in [0.15, 0.2) is 0 Å². The summed E-state index contributed by atoms with van der Waals surface area (Å²) in [5, 5.41) is 0. The Kier molecular flexibility index (Phi) is 3.33. The standard InChI is InChI=1S/C15H20O3/c1-10(2)18-13-6-5-11(3)9-12(13)15(7-8-15)14(16)17-4/h5-6,9-10H,7-8H2,1-4H3. The van der Waals surface area contributed by atoms with Gasteiger partial charge in [-0.3, -0.25) is 4.79 Å². The third-order valence-corrected chi connectivity index (χ3v) is 3.34. The Morgan fingerprint density at radius 3 is 2.50 bits per heavy atom. The lowest BCUT2D eigenvalue weighted by Crippen LogP contribution is -2.23. The Morgan fingerprint density at radius 1 is 1.33 bits per heavy atom. The van der Waals surface area contributed by atoms with Crippen LogP contribution in [-0.4, -0.2) is 19.2 Å². The summed E-state index contributed by atoms with van der Waals surface area (Å²) in [6.45, 7) is 6.00. The molecular formula is C15H20O3. The molecule has 1 aliphatic carbocycles. The van der Waals surface area contributed by atoms with Crippen molar-refractivity contribution in [3.63, 3.8) is 0 Å². The lowest BCUT2D eigenvalue weighted by atomic mass is 9.93. The zero-order chi connectivity index (χ0) is 13.3. The van der Waals surface area contributed by atoms with Crippen LogP contribution >= 0.6 is 0 Å². The van der Waals surface area contributed by atoms with Crippen molar-refractivity contribution < 1.29 is 14.3 Å². The molecule has 0 amide bonds. The number of benzene rings is 1. The second-order valence-electron chi connectivity index (χ2n) is 5.24. The van der Waals surface area contributed by atoms with E-state index in [1.54, 1.807) is 0 Å². The van der Waals surface area contributed by atoms with E-state index in [-0.39, 0.29) is 12.1 Å². The Labute approximate surface area is 108 Å². The first kappa shape index (κ1) is 12.9. The van der Waals surface area contributed by atoms with Gasteiger partial charge in [0.25, 0.3) is 0 Å². The fourth-order valence-electron chi connectivity index (χ4n) is 2.28. The number of aryl methyl sites for hydroxylation is 1. The van der Waals surface area contributed by atoms with Crippen LogP contribution in [0, 0.1) is 6.92 Å². The predicted octanol–water partition coefficient (Wildman–Crippen LogP) is 2.99. The second kappa shape index (κ2) is 4.63. The van der Waals surface area contributed by atoms with Gasteiger partial charge in [-0.05, 0) is 39.7 Å². The van der Waals surface area contributed by atoms with Gasteiger partial charge in [0.05, 0.1) is 18.6 Å². The highest BCUT2D eigenvalue weighted by Gasteiger charge is 2.54. The summed E-state index contributed by atoms with van der Waals surface area (Å²) in [6, 6.07) is 6.00. The molecule has 0 saturated heterocycles. The number of carbonyl (C=O) groups is 1. The highest BCUT2D eigenvalue weighted by Crippen LogP contribution is 2.52. The molecule has 1 fully saturated rings. The van der Waals surface area contributed by atoms with Gasteiger partial charge in [-0.15, -0.1) is 0 Å². The van der Waals surface area contributed by atoms with Crippen LogP contribution in [0.15, 0.2) is 18.2 Å². The largest absolute Gasteiger partial charge is 0.491 e. The molecule has 0 aromatic heterocycles. The number of hydrogen-bond acceptors (Lipinski definition) is 3. The molecule has 1 aromatic carbocycles. The van der Waals surface area contributed by atoms with Gasteiger partial charge in [0, 0.05) is 5.56 Å². The van der Waals surface area contributed by atoms with Crippen molar-refractivity contribution in [3.05, 3.63) is 29.3 Å². The summed E-state index contributed by atoms with van der Waals surface area (Å²) in [6.07, 6.45) is 1.79. The SMILES string of the molecule is COC(=O)C1(c2cc(C)ccc2OC(C)C)CC1. The normalized spacial score (nSPS) is 16.5. The molecule has 0 spiro atoms. The smallest absolute Gasteiger partial charge is 0.316 e. The summed E-state index contributed by atoms with van der Waals surface area (Å²) in [7, 11) is 1.45. The van der Waals surface area contributed by atoms with Crippen molar-refractivity contribution in [1.29, 1.82) is 0 Å². The number of esters is 1. The molecule has 3 nitrogen and oxygen atoms in total. The Hall–Kier alpha value is -1.51. The van der Waals surface area contributed by atoms with E-state index >= 15 is 0 Å². The van der Waals surface area contributed by atoms with E-state index in [0.717, 1.165) is 29.7 Å². The molecule has 1 aliphatic rings. The van der Waals surface area contributed by atoms with E-state index in [2.05, 4.69) is 0 Å². The summed E-state index contributed by atoms with van der Waals surface area (Å²) in [4.78, 5) is 12.0. The molecule has 0 N–H and O–H groups in total. The number of methoxy groups -OCH3 is 1. The van der Waals surface area contributed by atoms with Crippen molar-refractivity contribution in [2.45, 2.75) is 45.1 Å². The van der Waals surface area contributed by atoms with Crippen LogP contribution in [0.4, 0.5) is 0 Å². The van der Waals surface area contributed by atoms with Crippen LogP contribution in [-0.2, 0) is 14.9 Å². The fraction of sp³-hybridized carbons (Fsp3) is 0.533. The monoisotopic (exact) mass is 248 g/mol. The zero-order valence-electron chi connectivity index (χ0n) is 11.4. The molecule has 1 saturated carbocycles. The molecule has 0 bridgehead atoms. The number of carbonyl (C=O) groups excluding carboxylic acids is 1. The van der Waals surface area contributed by atoms with E-state index in [0.29, 0.717) is 0 Å².